The normalized spacial score (nSPS) is 11.6. The minimum atomic E-state index is -3.63. The molecular formula is C14H18N2O3S. The van der Waals surface area contributed by atoms with E-state index in [9.17, 15) is 8.42 Å². The Hall–Kier alpha value is -1.82. The van der Waals surface area contributed by atoms with Gasteiger partial charge in [-0.15, -0.1) is 0 Å². The van der Waals surface area contributed by atoms with Crippen molar-refractivity contribution in [3.05, 3.63) is 41.7 Å². The number of benzene rings is 1. The van der Waals surface area contributed by atoms with E-state index in [1.54, 1.807) is 31.2 Å². The maximum atomic E-state index is 12.4. The smallest absolute Gasteiger partial charge is 0.282 e. The second-order valence-electron chi connectivity index (χ2n) is 4.39. The summed E-state index contributed by atoms with van der Waals surface area (Å²) in [6.07, 6.45) is 2.16. The summed E-state index contributed by atoms with van der Waals surface area (Å²) in [6.45, 7) is 6.17. The van der Waals surface area contributed by atoms with Crippen LogP contribution in [0.5, 0.6) is 5.75 Å². The zero-order valence-corrected chi connectivity index (χ0v) is 12.6. The Labute approximate surface area is 119 Å². The fourth-order valence-corrected chi connectivity index (χ4v) is 3.13. The third-order valence-electron chi connectivity index (χ3n) is 2.96. The first kappa shape index (κ1) is 14.6. The van der Waals surface area contributed by atoms with Gasteiger partial charge in [0.25, 0.3) is 10.0 Å². The maximum Gasteiger partial charge on any atom is 0.282 e. The first-order valence-corrected chi connectivity index (χ1v) is 7.96. The van der Waals surface area contributed by atoms with Crippen LogP contribution in [0.2, 0.25) is 0 Å². The lowest BCUT2D eigenvalue weighted by atomic mass is 10.1. The lowest BCUT2D eigenvalue weighted by Crippen LogP contribution is -2.14. The Bertz CT molecular complexity index is 705. The molecule has 0 aliphatic heterocycles. The van der Waals surface area contributed by atoms with Gasteiger partial charge in [-0.2, -0.15) is 17.6 Å². The summed E-state index contributed by atoms with van der Waals surface area (Å²) in [5.41, 5.74) is 1.53. The van der Waals surface area contributed by atoms with E-state index in [4.69, 9.17) is 4.74 Å². The van der Waals surface area contributed by atoms with Crippen molar-refractivity contribution in [2.75, 3.05) is 6.61 Å². The van der Waals surface area contributed by atoms with Gasteiger partial charge in [0.05, 0.1) is 17.2 Å². The Morgan fingerprint density at radius 1 is 1.25 bits per heavy atom. The van der Waals surface area contributed by atoms with Crippen molar-refractivity contribution >= 4 is 10.0 Å². The minimum absolute atomic E-state index is 0.223. The van der Waals surface area contributed by atoms with E-state index < -0.39 is 10.0 Å². The first-order chi connectivity index (χ1) is 9.48. The molecule has 1 heterocycles. The molecule has 108 valence electrons. The fourth-order valence-electron chi connectivity index (χ4n) is 1.92. The van der Waals surface area contributed by atoms with Crippen molar-refractivity contribution in [2.24, 2.45) is 0 Å². The molecule has 2 rings (SSSR count). The van der Waals surface area contributed by atoms with Crippen molar-refractivity contribution in [2.45, 2.75) is 32.1 Å². The van der Waals surface area contributed by atoms with E-state index >= 15 is 0 Å². The van der Waals surface area contributed by atoms with Crippen molar-refractivity contribution < 1.29 is 13.2 Å². The van der Waals surface area contributed by atoms with Crippen LogP contribution < -0.4 is 4.74 Å². The molecule has 0 unspecified atom stereocenters. The summed E-state index contributed by atoms with van der Waals surface area (Å²) in [4.78, 5) is 0.223. The average molecular weight is 294 g/mol. The van der Waals surface area contributed by atoms with Gasteiger partial charge in [0.2, 0.25) is 0 Å². The number of aryl methyl sites for hydroxylation is 2. The lowest BCUT2D eigenvalue weighted by molar-refractivity contribution is 0.336. The Morgan fingerprint density at radius 3 is 2.55 bits per heavy atom. The van der Waals surface area contributed by atoms with Crippen molar-refractivity contribution in [3.63, 3.8) is 0 Å². The molecule has 0 radical (unpaired) electrons. The van der Waals surface area contributed by atoms with Gasteiger partial charge in [0, 0.05) is 6.20 Å². The molecule has 0 fully saturated rings. The molecule has 5 nitrogen and oxygen atoms in total. The minimum Gasteiger partial charge on any atom is -0.494 e. The van der Waals surface area contributed by atoms with Gasteiger partial charge in [-0.3, -0.25) is 0 Å². The van der Waals surface area contributed by atoms with E-state index in [0.717, 1.165) is 15.4 Å². The molecule has 0 aliphatic carbocycles. The highest BCUT2D eigenvalue weighted by Crippen LogP contribution is 2.24. The predicted molar refractivity (Wildman–Crippen MR) is 76.5 cm³/mol. The third-order valence-corrected chi connectivity index (χ3v) is 4.50. The van der Waals surface area contributed by atoms with Crippen molar-refractivity contribution in [3.8, 4) is 5.75 Å². The summed E-state index contributed by atoms with van der Waals surface area (Å²) >= 11 is 0. The molecular weight excluding hydrogens is 276 g/mol. The summed E-state index contributed by atoms with van der Waals surface area (Å²) in [5, 5.41) is 3.97. The average Bonchev–Trinajstić information content (AvgIpc) is 2.87. The van der Waals surface area contributed by atoms with Gasteiger partial charge >= 0.3 is 0 Å². The van der Waals surface area contributed by atoms with E-state index in [0.29, 0.717) is 18.7 Å². The molecule has 0 saturated heterocycles. The van der Waals surface area contributed by atoms with Crippen LogP contribution in [0.3, 0.4) is 0 Å². The molecule has 0 bridgehead atoms. The monoisotopic (exact) mass is 294 g/mol. The number of rotatable bonds is 5. The van der Waals surface area contributed by atoms with Crippen LogP contribution in [-0.2, 0) is 16.4 Å². The number of hydrogen-bond acceptors (Lipinski definition) is 4. The van der Waals surface area contributed by atoms with E-state index in [1.807, 2.05) is 13.8 Å². The maximum absolute atomic E-state index is 12.4. The van der Waals surface area contributed by atoms with Gasteiger partial charge < -0.3 is 4.74 Å². The summed E-state index contributed by atoms with van der Waals surface area (Å²) < 4.78 is 31.4. The van der Waals surface area contributed by atoms with Crippen LogP contribution in [-0.4, -0.2) is 24.2 Å². The predicted octanol–water partition coefficient (Wildman–Crippen LogP) is 2.39. The highest BCUT2D eigenvalue weighted by Gasteiger charge is 2.19. The molecule has 0 amide bonds. The van der Waals surface area contributed by atoms with Gasteiger partial charge in [-0.25, -0.2) is 0 Å². The van der Waals surface area contributed by atoms with Crippen LogP contribution in [0, 0.1) is 6.92 Å². The molecule has 0 spiro atoms. The summed E-state index contributed by atoms with van der Waals surface area (Å²) in [5.74, 6) is 0.727. The molecule has 0 N–H and O–H groups in total. The molecule has 1 aromatic heterocycles. The van der Waals surface area contributed by atoms with Crippen molar-refractivity contribution in [1.82, 2.24) is 9.19 Å². The summed E-state index contributed by atoms with van der Waals surface area (Å²) in [7, 11) is -3.63. The Balaban J connectivity index is 2.47. The largest absolute Gasteiger partial charge is 0.494 e. The zero-order valence-electron chi connectivity index (χ0n) is 11.8. The highest BCUT2D eigenvalue weighted by atomic mass is 32.2. The quantitative estimate of drug-likeness (QED) is 0.849. The number of ether oxygens (including phenoxy) is 1. The van der Waals surface area contributed by atoms with Gasteiger partial charge in [-0.1, -0.05) is 6.92 Å². The SMILES string of the molecule is CCOc1ccc(S(=O)(=O)n2ccc(C)n2)cc1CC. The molecule has 20 heavy (non-hydrogen) atoms. The second-order valence-corrected chi connectivity index (χ2v) is 6.19. The topological polar surface area (TPSA) is 61.2 Å². The number of nitrogens with zero attached hydrogens (tertiary/aromatic N) is 2. The van der Waals surface area contributed by atoms with E-state index in [-0.39, 0.29) is 4.90 Å². The number of aromatic nitrogens is 2. The first-order valence-electron chi connectivity index (χ1n) is 6.52. The van der Waals surface area contributed by atoms with Gasteiger partial charge in [-0.05, 0) is 50.1 Å². The van der Waals surface area contributed by atoms with E-state index in [2.05, 4.69) is 5.10 Å². The van der Waals surface area contributed by atoms with Crippen LogP contribution in [0.4, 0.5) is 0 Å². The zero-order chi connectivity index (χ0) is 14.8. The van der Waals surface area contributed by atoms with Crippen molar-refractivity contribution in [1.29, 1.82) is 0 Å². The van der Waals surface area contributed by atoms with Gasteiger partial charge in [0.1, 0.15) is 5.75 Å². The summed E-state index contributed by atoms with van der Waals surface area (Å²) in [6, 6.07) is 6.56. The molecule has 6 heteroatoms. The van der Waals surface area contributed by atoms with E-state index in [1.165, 1.54) is 6.20 Å². The second kappa shape index (κ2) is 5.66. The third kappa shape index (κ3) is 2.70. The molecule has 2 aromatic rings. The Morgan fingerprint density at radius 2 is 2.00 bits per heavy atom. The lowest BCUT2D eigenvalue weighted by Gasteiger charge is -2.11. The molecule has 0 saturated carbocycles. The number of hydrogen-bond donors (Lipinski definition) is 0. The Kier molecular flexibility index (Phi) is 4.13. The standard InChI is InChI=1S/C14H18N2O3S/c1-4-12-10-13(6-7-14(12)19-5-2)20(17,18)16-9-8-11(3)15-16/h6-10H,4-5H2,1-3H3. The van der Waals surface area contributed by atoms with Gasteiger partial charge in [0.15, 0.2) is 0 Å². The van der Waals surface area contributed by atoms with Crippen LogP contribution in [0.15, 0.2) is 35.4 Å². The molecule has 1 aromatic carbocycles. The molecule has 0 atom stereocenters. The van der Waals surface area contributed by atoms with Crippen LogP contribution in [0.1, 0.15) is 25.1 Å². The van der Waals surface area contributed by atoms with Crippen LogP contribution >= 0.6 is 0 Å². The fraction of sp³-hybridized carbons (Fsp3) is 0.357. The molecule has 0 aliphatic rings. The highest BCUT2D eigenvalue weighted by molar-refractivity contribution is 7.89. The van der Waals surface area contributed by atoms with Crippen LogP contribution in [0.25, 0.3) is 0 Å².